The van der Waals surface area contributed by atoms with Gasteiger partial charge in [-0.2, -0.15) is 0 Å². The first kappa shape index (κ1) is 18.9. The van der Waals surface area contributed by atoms with Gasteiger partial charge in [-0.1, -0.05) is 19.1 Å². The van der Waals surface area contributed by atoms with Gasteiger partial charge in [0.1, 0.15) is 5.82 Å². The molecule has 2 rings (SSSR count). The van der Waals surface area contributed by atoms with Crippen molar-refractivity contribution < 1.29 is 18.7 Å². The van der Waals surface area contributed by atoms with Gasteiger partial charge in [0.25, 0.3) is 0 Å². The fraction of sp³-hybridized carbons (Fsp3) is 0.444. The minimum absolute atomic E-state index is 0.269. The van der Waals surface area contributed by atoms with Crippen molar-refractivity contribution in [2.45, 2.75) is 32.9 Å². The highest BCUT2D eigenvalue weighted by Gasteiger charge is 2.31. The number of benzene rings is 1. The van der Waals surface area contributed by atoms with E-state index >= 15 is 0 Å². The molecule has 1 heterocycles. The fourth-order valence-corrected chi connectivity index (χ4v) is 2.81. The first-order chi connectivity index (χ1) is 11.9. The molecule has 1 aliphatic heterocycles. The minimum Gasteiger partial charge on any atom is -0.463 e. The summed E-state index contributed by atoms with van der Waals surface area (Å²) in [7, 11) is 1.87. The number of esters is 1. The maximum absolute atomic E-state index is 13.0. The van der Waals surface area contributed by atoms with Gasteiger partial charge in [-0.05, 0) is 38.1 Å². The van der Waals surface area contributed by atoms with Crippen LogP contribution in [0.15, 0.2) is 35.5 Å². The van der Waals surface area contributed by atoms with Crippen LogP contribution in [0.2, 0.25) is 0 Å². The smallest absolute Gasteiger partial charge is 0.337 e. The maximum Gasteiger partial charge on any atom is 0.337 e. The quantitative estimate of drug-likeness (QED) is 0.740. The molecule has 0 saturated heterocycles. The number of urea groups is 1. The van der Waals surface area contributed by atoms with E-state index < -0.39 is 5.97 Å². The lowest BCUT2D eigenvalue weighted by Gasteiger charge is -2.30. The Morgan fingerprint density at radius 3 is 2.52 bits per heavy atom. The molecule has 0 unspecified atom stereocenters. The number of hydrogen-bond donors (Lipinski definition) is 2. The summed E-state index contributed by atoms with van der Waals surface area (Å²) in [6.45, 7) is 4.84. The van der Waals surface area contributed by atoms with Crippen molar-refractivity contribution in [3.63, 3.8) is 0 Å². The minimum atomic E-state index is -0.424. The van der Waals surface area contributed by atoms with E-state index in [9.17, 15) is 14.0 Å². The Labute approximate surface area is 147 Å². The Morgan fingerprint density at radius 1 is 1.24 bits per heavy atom. The molecule has 0 aliphatic carbocycles. The highest BCUT2D eigenvalue weighted by atomic mass is 19.1. The number of carbonyl (C=O) groups excluding carboxylic acids is 2. The predicted molar refractivity (Wildman–Crippen MR) is 92.1 cm³/mol. The standard InChI is InChI=1S/C18H24FN3O3/c1-4-14-16(17(23)25-5-2)15(21-18(24)20-14)11-22(3)10-12-6-8-13(19)9-7-12/h6-9,14H,4-5,10-11H2,1-3H3,(H2,20,21,24)/t14-/m1/s1. The number of amides is 2. The molecule has 1 aromatic carbocycles. The molecule has 0 aromatic heterocycles. The van der Waals surface area contributed by atoms with Crippen molar-refractivity contribution in [2.24, 2.45) is 0 Å². The van der Waals surface area contributed by atoms with Gasteiger partial charge in [-0.3, -0.25) is 4.90 Å². The molecule has 1 atom stereocenters. The molecule has 7 heteroatoms. The molecule has 0 bridgehead atoms. The lowest BCUT2D eigenvalue weighted by Crippen LogP contribution is -2.51. The van der Waals surface area contributed by atoms with E-state index in [1.54, 1.807) is 19.1 Å². The lowest BCUT2D eigenvalue weighted by molar-refractivity contribution is -0.139. The highest BCUT2D eigenvalue weighted by Crippen LogP contribution is 2.18. The molecule has 0 spiro atoms. The second-order valence-electron chi connectivity index (χ2n) is 5.97. The first-order valence-corrected chi connectivity index (χ1v) is 8.35. The van der Waals surface area contributed by atoms with Crippen LogP contribution in [0.1, 0.15) is 25.8 Å². The van der Waals surface area contributed by atoms with E-state index in [0.29, 0.717) is 30.8 Å². The van der Waals surface area contributed by atoms with E-state index in [2.05, 4.69) is 10.6 Å². The van der Waals surface area contributed by atoms with E-state index in [1.165, 1.54) is 12.1 Å². The summed E-state index contributed by atoms with van der Waals surface area (Å²) in [6, 6.07) is 5.54. The molecular formula is C18H24FN3O3. The number of ether oxygens (including phenoxy) is 1. The average molecular weight is 349 g/mol. The second kappa shape index (κ2) is 8.62. The first-order valence-electron chi connectivity index (χ1n) is 8.35. The van der Waals surface area contributed by atoms with Crippen molar-refractivity contribution in [1.29, 1.82) is 0 Å². The average Bonchev–Trinajstić information content (AvgIpc) is 2.56. The Balaban J connectivity index is 2.19. The molecule has 1 aliphatic rings. The van der Waals surface area contributed by atoms with Gasteiger partial charge < -0.3 is 15.4 Å². The number of rotatable bonds is 7. The summed E-state index contributed by atoms with van der Waals surface area (Å²) < 4.78 is 18.2. The number of carbonyl (C=O) groups is 2. The summed E-state index contributed by atoms with van der Waals surface area (Å²) in [4.78, 5) is 26.2. The summed E-state index contributed by atoms with van der Waals surface area (Å²) >= 11 is 0. The zero-order chi connectivity index (χ0) is 18.4. The van der Waals surface area contributed by atoms with Crippen LogP contribution in [0.4, 0.5) is 9.18 Å². The normalized spacial score (nSPS) is 17.3. The number of halogens is 1. The third-order valence-electron chi connectivity index (χ3n) is 3.94. The Morgan fingerprint density at radius 2 is 1.92 bits per heavy atom. The molecule has 1 aromatic rings. The lowest BCUT2D eigenvalue weighted by atomic mass is 10.00. The molecule has 136 valence electrons. The molecule has 25 heavy (non-hydrogen) atoms. The zero-order valence-electron chi connectivity index (χ0n) is 14.8. The molecule has 2 amide bonds. The molecule has 0 saturated carbocycles. The van der Waals surface area contributed by atoms with Gasteiger partial charge in [-0.15, -0.1) is 0 Å². The van der Waals surface area contributed by atoms with Crippen LogP contribution in [0.5, 0.6) is 0 Å². The predicted octanol–water partition coefficient (Wildman–Crippen LogP) is 2.17. The van der Waals surface area contributed by atoms with Crippen LogP contribution in [-0.2, 0) is 16.1 Å². The van der Waals surface area contributed by atoms with Crippen LogP contribution < -0.4 is 10.6 Å². The van der Waals surface area contributed by atoms with Crippen LogP contribution >= 0.6 is 0 Å². The largest absolute Gasteiger partial charge is 0.463 e. The Bertz CT molecular complexity index is 658. The second-order valence-corrected chi connectivity index (χ2v) is 5.97. The van der Waals surface area contributed by atoms with Crippen LogP contribution in [-0.4, -0.2) is 43.1 Å². The Hall–Kier alpha value is -2.41. The molecule has 2 N–H and O–H groups in total. The third kappa shape index (κ3) is 5.03. The van der Waals surface area contributed by atoms with E-state index in [4.69, 9.17) is 4.74 Å². The molecule has 0 radical (unpaired) electrons. The molecule has 6 nitrogen and oxygen atoms in total. The SMILES string of the molecule is CCOC(=O)C1=C(CN(C)Cc2ccc(F)cc2)NC(=O)N[C@@H]1CC. The van der Waals surface area contributed by atoms with Crippen molar-refractivity contribution in [2.75, 3.05) is 20.2 Å². The van der Waals surface area contributed by atoms with Gasteiger partial charge in [0, 0.05) is 18.8 Å². The zero-order valence-corrected chi connectivity index (χ0v) is 14.8. The van der Waals surface area contributed by atoms with Gasteiger partial charge in [0.2, 0.25) is 0 Å². The summed E-state index contributed by atoms with van der Waals surface area (Å²) in [6.07, 6.45) is 0.590. The molecule has 0 fully saturated rings. The van der Waals surface area contributed by atoms with Crippen LogP contribution in [0, 0.1) is 5.82 Å². The summed E-state index contributed by atoms with van der Waals surface area (Å²) in [5, 5.41) is 5.47. The number of nitrogens with one attached hydrogen (secondary N) is 2. The van der Waals surface area contributed by atoms with Crippen LogP contribution in [0.3, 0.4) is 0 Å². The van der Waals surface area contributed by atoms with Crippen molar-refractivity contribution in [3.05, 3.63) is 46.9 Å². The van der Waals surface area contributed by atoms with Gasteiger partial charge in [0.05, 0.1) is 18.2 Å². The maximum atomic E-state index is 13.0. The van der Waals surface area contributed by atoms with Crippen molar-refractivity contribution in [3.8, 4) is 0 Å². The van der Waals surface area contributed by atoms with Crippen molar-refractivity contribution in [1.82, 2.24) is 15.5 Å². The van der Waals surface area contributed by atoms with Gasteiger partial charge in [0.15, 0.2) is 0 Å². The summed E-state index contributed by atoms with van der Waals surface area (Å²) in [5.74, 6) is -0.706. The van der Waals surface area contributed by atoms with Crippen molar-refractivity contribution >= 4 is 12.0 Å². The number of hydrogen-bond acceptors (Lipinski definition) is 4. The van der Waals surface area contributed by atoms with Gasteiger partial charge in [-0.25, -0.2) is 14.0 Å². The summed E-state index contributed by atoms with van der Waals surface area (Å²) in [5.41, 5.74) is 1.93. The van der Waals surface area contributed by atoms with Gasteiger partial charge >= 0.3 is 12.0 Å². The number of likely N-dealkylation sites (N-methyl/N-ethyl adjacent to an activating group) is 1. The fourth-order valence-electron chi connectivity index (χ4n) is 2.81. The van der Waals surface area contributed by atoms with E-state index in [-0.39, 0.29) is 24.5 Å². The van der Waals surface area contributed by atoms with Crippen LogP contribution in [0.25, 0.3) is 0 Å². The third-order valence-corrected chi connectivity index (χ3v) is 3.94. The van der Waals surface area contributed by atoms with E-state index in [1.807, 2.05) is 18.9 Å². The van der Waals surface area contributed by atoms with E-state index in [0.717, 1.165) is 5.56 Å². The highest BCUT2D eigenvalue weighted by molar-refractivity contribution is 5.94. The Kier molecular flexibility index (Phi) is 6.52. The topological polar surface area (TPSA) is 70.7 Å². The monoisotopic (exact) mass is 349 g/mol. The number of nitrogens with zero attached hydrogens (tertiary/aromatic N) is 1. The molecular weight excluding hydrogens is 325 g/mol.